The fraction of sp³-hybridized carbons (Fsp3) is 0.462. The van der Waals surface area contributed by atoms with Crippen LogP contribution in [0.25, 0.3) is 11.4 Å². The summed E-state index contributed by atoms with van der Waals surface area (Å²) in [6, 6.07) is 11.3. The topological polar surface area (TPSA) is 150 Å². The van der Waals surface area contributed by atoms with Crippen LogP contribution in [0.15, 0.2) is 36.4 Å². The second kappa shape index (κ2) is 12.4. The van der Waals surface area contributed by atoms with Crippen LogP contribution in [0.4, 0.5) is 0 Å². The first-order valence-electron chi connectivity index (χ1n) is 12.6. The number of ether oxygens (including phenoxy) is 1. The number of amides is 2. The van der Waals surface area contributed by atoms with Crippen LogP contribution in [0.1, 0.15) is 53.8 Å². The Balaban J connectivity index is 1.34. The summed E-state index contributed by atoms with van der Waals surface area (Å²) in [7, 11) is 1.61. The van der Waals surface area contributed by atoms with Crippen molar-refractivity contribution in [1.29, 1.82) is 0 Å². The van der Waals surface area contributed by atoms with Crippen molar-refractivity contribution in [3.05, 3.63) is 53.3 Å². The number of benzene rings is 1. The molecule has 0 radical (unpaired) electrons. The Morgan fingerprint density at radius 1 is 1.16 bits per heavy atom. The van der Waals surface area contributed by atoms with Gasteiger partial charge in [-0.3, -0.25) is 9.59 Å². The molecule has 11 heteroatoms. The van der Waals surface area contributed by atoms with Gasteiger partial charge in [0, 0.05) is 36.8 Å². The highest BCUT2D eigenvalue weighted by Crippen LogP contribution is 2.26. The Bertz CT molecular complexity index is 1220. The number of carbonyl (C=O) groups excluding carboxylic acids is 2. The summed E-state index contributed by atoms with van der Waals surface area (Å²) in [4.78, 5) is 30.6. The van der Waals surface area contributed by atoms with Crippen molar-refractivity contribution in [3.63, 3.8) is 0 Å². The molecule has 2 heterocycles. The predicted molar refractivity (Wildman–Crippen MR) is 138 cm³/mol. The lowest BCUT2D eigenvalue weighted by Gasteiger charge is -2.28. The number of hydrogen-bond acceptors (Lipinski definition) is 8. The van der Waals surface area contributed by atoms with E-state index in [4.69, 9.17) is 10.5 Å². The Kier molecular flexibility index (Phi) is 8.78. The zero-order valence-corrected chi connectivity index (χ0v) is 21.3. The summed E-state index contributed by atoms with van der Waals surface area (Å²) in [5.74, 6) is 1.35. The van der Waals surface area contributed by atoms with Gasteiger partial charge in [-0.05, 0) is 73.6 Å². The molecule has 0 spiro atoms. The van der Waals surface area contributed by atoms with Gasteiger partial charge in [0.05, 0.1) is 13.7 Å². The molecule has 196 valence electrons. The van der Waals surface area contributed by atoms with Crippen LogP contribution >= 0.6 is 0 Å². The molecule has 0 atom stereocenters. The minimum Gasteiger partial charge on any atom is -0.497 e. The average molecular weight is 507 g/mol. The summed E-state index contributed by atoms with van der Waals surface area (Å²) in [6.07, 6.45) is 4.19. The number of aryl methyl sites for hydroxylation is 1. The molecule has 1 fully saturated rings. The van der Waals surface area contributed by atoms with Gasteiger partial charge in [0.2, 0.25) is 11.7 Å². The molecule has 37 heavy (non-hydrogen) atoms. The highest BCUT2D eigenvalue weighted by Gasteiger charge is 2.23. The van der Waals surface area contributed by atoms with Gasteiger partial charge in [-0.25, -0.2) is 4.98 Å². The Labute approximate surface area is 216 Å². The van der Waals surface area contributed by atoms with Gasteiger partial charge in [-0.2, -0.15) is 4.80 Å². The smallest absolute Gasteiger partial charge is 0.270 e. The van der Waals surface area contributed by atoms with Crippen molar-refractivity contribution < 1.29 is 14.3 Å². The lowest BCUT2D eigenvalue weighted by atomic mass is 9.86. The molecule has 3 aromatic rings. The van der Waals surface area contributed by atoms with Crippen molar-refractivity contribution in [3.8, 4) is 17.1 Å². The number of methoxy groups -OCH3 is 1. The molecule has 0 unspecified atom stereocenters. The zero-order valence-electron chi connectivity index (χ0n) is 21.3. The molecule has 4 rings (SSSR count). The van der Waals surface area contributed by atoms with Crippen molar-refractivity contribution in [2.75, 3.05) is 13.7 Å². The van der Waals surface area contributed by atoms with E-state index in [1.807, 2.05) is 37.3 Å². The molecule has 11 nitrogen and oxygen atoms in total. The molecule has 1 aliphatic rings. The Morgan fingerprint density at radius 2 is 1.97 bits per heavy atom. The van der Waals surface area contributed by atoms with Gasteiger partial charge in [-0.1, -0.05) is 12.1 Å². The number of rotatable bonds is 10. The molecule has 0 aliphatic heterocycles. The third-order valence-electron chi connectivity index (χ3n) is 6.49. The van der Waals surface area contributed by atoms with Gasteiger partial charge in [0.1, 0.15) is 11.4 Å². The lowest BCUT2D eigenvalue weighted by Crippen LogP contribution is -2.38. The third-order valence-corrected chi connectivity index (χ3v) is 6.49. The molecule has 1 saturated carbocycles. The summed E-state index contributed by atoms with van der Waals surface area (Å²) < 4.78 is 5.24. The van der Waals surface area contributed by atoms with Crippen molar-refractivity contribution >= 4 is 11.8 Å². The van der Waals surface area contributed by atoms with Crippen LogP contribution in [-0.2, 0) is 17.9 Å². The molecule has 4 N–H and O–H groups in total. The molecule has 0 bridgehead atoms. The highest BCUT2D eigenvalue weighted by atomic mass is 16.5. The standard InChI is InChI=1S/C26H34N8O3/c1-17-12-20(14-23(29-17)26(36)28-15-19-4-3-5-22(13-19)37-2)25-31-33-34(32-25)16-18-6-8-21(9-7-18)30-24(35)10-11-27/h3-5,12-14,18,21H,6-11,15-16,27H2,1-2H3,(H,28,36)(H,30,35)/t18-,21+. The first-order chi connectivity index (χ1) is 17.9. The summed E-state index contributed by atoms with van der Waals surface area (Å²) in [5, 5.41) is 19.0. The van der Waals surface area contributed by atoms with E-state index in [-0.39, 0.29) is 17.9 Å². The first kappa shape index (κ1) is 26.2. The van der Waals surface area contributed by atoms with E-state index in [2.05, 4.69) is 31.0 Å². The SMILES string of the molecule is COc1cccc(CNC(=O)c2cc(-c3nnn(C[C@H]4CC[C@@H](NC(=O)CCN)CC4)n3)cc(C)n2)c1. The molecule has 2 aromatic heterocycles. The van der Waals surface area contributed by atoms with Crippen LogP contribution < -0.4 is 21.1 Å². The van der Waals surface area contributed by atoms with Gasteiger partial charge < -0.3 is 21.1 Å². The van der Waals surface area contributed by atoms with Crippen molar-refractivity contribution in [2.24, 2.45) is 11.7 Å². The van der Waals surface area contributed by atoms with Gasteiger partial charge >= 0.3 is 0 Å². The number of nitrogens with one attached hydrogen (secondary N) is 2. The van der Waals surface area contributed by atoms with E-state index >= 15 is 0 Å². The fourth-order valence-corrected chi connectivity index (χ4v) is 4.56. The maximum atomic E-state index is 12.8. The van der Waals surface area contributed by atoms with E-state index in [1.165, 1.54) is 0 Å². The van der Waals surface area contributed by atoms with E-state index in [9.17, 15) is 9.59 Å². The molecule has 0 saturated heterocycles. The second-order valence-corrected chi connectivity index (χ2v) is 9.41. The van der Waals surface area contributed by atoms with Gasteiger partial charge in [0.15, 0.2) is 0 Å². The van der Waals surface area contributed by atoms with Crippen LogP contribution in [0.5, 0.6) is 5.75 Å². The van der Waals surface area contributed by atoms with Gasteiger partial charge in [-0.15, -0.1) is 10.2 Å². The highest BCUT2D eigenvalue weighted by molar-refractivity contribution is 5.93. The lowest BCUT2D eigenvalue weighted by molar-refractivity contribution is -0.121. The molecule has 1 aliphatic carbocycles. The van der Waals surface area contributed by atoms with E-state index < -0.39 is 0 Å². The number of tetrazole rings is 1. The maximum Gasteiger partial charge on any atom is 0.270 e. The van der Waals surface area contributed by atoms with Crippen molar-refractivity contribution in [1.82, 2.24) is 35.8 Å². The minimum absolute atomic E-state index is 0.0227. The van der Waals surface area contributed by atoms with E-state index in [1.54, 1.807) is 18.0 Å². The Hall–Kier alpha value is -3.86. The van der Waals surface area contributed by atoms with Crippen LogP contribution in [0, 0.1) is 12.8 Å². The largest absolute Gasteiger partial charge is 0.497 e. The maximum absolute atomic E-state index is 12.8. The number of nitrogens with two attached hydrogens (primary N) is 1. The minimum atomic E-state index is -0.282. The monoisotopic (exact) mass is 506 g/mol. The normalized spacial score (nSPS) is 17.3. The second-order valence-electron chi connectivity index (χ2n) is 9.41. The van der Waals surface area contributed by atoms with Crippen LogP contribution in [-0.4, -0.2) is 56.7 Å². The van der Waals surface area contributed by atoms with Crippen LogP contribution in [0.2, 0.25) is 0 Å². The van der Waals surface area contributed by atoms with Crippen molar-refractivity contribution in [2.45, 2.75) is 58.2 Å². The number of hydrogen-bond donors (Lipinski definition) is 3. The zero-order chi connectivity index (χ0) is 26.2. The number of aromatic nitrogens is 5. The summed E-state index contributed by atoms with van der Waals surface area (Å²) in [5.41, 5.74) is 8.06. The van der Waals surface area contributed by atoms with E-state index in [0.717, 1.165) is 37.0 Å². The molecular formula is C26H34N8O3. The number of pyridine rings is 1. The summed E-state index contributed by atoms with van der Waals surface area (Å²) in [6.45, 7) is 3.22. The number of nitrogens with zero attached hydrogens (tertiary/aromatic N) is 5. The van der Waals surface area contributed by atoms with Gasteiger partial charge in [0.25, 0.3) is 5.91 Å². The van der Waals surface area contributed by atoms with Crippen LogP contribution in [0.3, 0.4) is 0 Å². The average Bonchev–Trinajstić information content (AvgIpc) is 3.37. The van der Waals surface area contributed by atoms with E-state index in [0.29, 0.717) is 54.7 Å². The Morgan fingerprint density at radius 3 is 2.73 bits per heavy atom. The predicted octanol–water partition coefficient (Wildman–Crippen LogP) is 2.01. The fourth-order valence-electron chi connectivity index (χ4n) is 4.56. The molecule has 1 aromatic carbocycles. The quantitative estimate of drug-likeness (QED) is 0.378. The first-order valence-corrected chi connectivity index (χ1v) is 12.6. The number of carbonyl (C=O) groups is 2. The molecular weight excluding hydrogens is 472 g/mol. The third kappa shape index (κ3) is 7.32. The molecule has 2 amide bonds. The summed E-state index contributed by atoms with van der Waals surface area (Å²) >= 11 is 0.